The van der Waals surface area contributed by atoms with E-state index in [9.17, 15) is 9.59 Å². The number of allylic oxidation sites excluding steroid dienone is 1. The summed E-state index contributed by atoms with van der Waals surface area (Å²) >= 11 is 13.6. The molecule has 1 aliphatic heterocycles. The number of methoxy groups -OCH3 is 1. The van der Waals surface area contributed by atoms with Gasteiger partial charge in [-0.05, 0) is 67.1 Å². The number of nitrogens with one attached hydrogen (secondary N) is 1. The van der Waals surface area contributed by atoms with E-state index in [2.05, 4.69) is 5.32 Å². The quantitative estimate of drug-likeness (QED) is 0.238. The van der Waals surface area contributed by atoms with Gasteiger partial charge in [-0.3, -0.25) is 14.2 Å². The predicted molar refractivity (Wildman–Crippen MR) is 166 cm³/mol. The van der Waals surface area contributed by atoms with Crippen molar-refractivity contribution in [1.82, 2.24) is 4.57 Å². The minimum absolute atomic E-state index is 0.292. The number of amides is 1. The van der Waals surface area contributed by atoms with Crippen LogP contribution < -0.4 is 24.9 Å². The van der Waals surface area contributed by atoms with Crippen molar-refractivity contribution in [3.8, 4) is 17.1 Å². The van der Waals surface area contributed by atoms with Gasteiger partial charge in [0.25, 0.3) is 11.5 Å². The molecule has 1 amide bonds. The molecule has 1 aliphatic rings. The molecular formula is C32H23Cl2N3O4S. The number of benzene rings is 3. The number of furan rings is 1. The van der Waals surface area contributed by atoms with Gasteiger partial charge < -0.3 is 14.5 Å². The number of hydrogen-bond donors (Lipinski definition) is 1. The highest BCUT2D eigenvalue weighted by atomic mass is 35.5. The standard InChI is InChI=1S/C32H23Cl2N3O4S/c1-18-28(30(38)36-21-6-4-3-5-7-21)29(19-8-11-22(40-2)12-9-19)37-31(39)27(42-32(37)35-18)17-23-13-15-26(41-23)24-14-10-20(33)16-25(24)34/h3-17,29H,1-2H3,(H,36,38)/b27-17+/t29-/m0/s1. The molecule has 0 radical (unpaired) electrons. The largest absolute Gasteiger partial charge is 0.497 e. The average molecular weight is 617 g/mol. The second kappa shape index (κ2) is 11.5. The first-order valence-corrected chi connectivity index (χ1v) is 14.5. The summed E-state index contributed by atoms with van der Waals surface area (Å²) in [4.78, 5) is 32.8. The van der Waals surface area contributed by atoms with Gasteiger partial charge in [-0.2, -0.15) is 0 Å². The summed E-state index contributed by atoms with van der Waals surface area (Å²) in [7, 11) is 1.59. The Hall–Kier alpha value is -4.37. The minimum Gasteiger partial charge on any atom is -0.497 e. The molecule has 2 aromatic heterocycles. The molecule has 0 saturated heterocycles. The molecule has 0 aliphatic carbocycles. The lowest BCUT2D eigenvalue weighted by Crippen LogP contribution is -2.40. The molecule has 10 heteroatoms. The average Bonchev–Trinajstić information content (AvgIpc) is 3.56. The summed E-state index contributed by atoms with van der Waals surface area (Å²) < 4.78 is 13.3. The lowest BCUT2D eigenvalue weighted by Gasteiger charge is -2.25. The fourth-order valence-electron chi connectivity index (χ4n) is 4.83. The van der Waals surface area contributed by atoms with Gasteiger partial charge in [0.2, 0.25) is 0 Å². The van der Waals surface area contributed by atoms with Crippen LogP contribution in [0.5, 0.6) is 5.75 Å². The van der Waals surface area contributed by atoms with Crippen LogP contribution in [-0.2, 0) is 4.79 Å². The fraction of sp³-hybridized carbons (Fsp3) is 0.0938. The van der Waals surface area contributed by atoms with Crippen molar-refractivity contribution in [2.45, 2.75) is 13.0 Å². The van der Waals surface area contributed by atoms with Gasteiger partial charge in [0.15, 0.2) is 4.80 Å². The molecule has 0 bridgehead atoms. The Bertz CT molecular complexity index is 2030. The van der Waals surface area contributed by atoms with Crippen LogP contribution in [0.1, 0.15) is 24.3 Å². The Balaban J connectivity index is 1.45. The fourth-order valence-corrected chi connectivity index (χ4v) is 6.36. The van der Waals surface area contributed by atoms with Gasteiger partial charge in [0.1, 0.15) is 17.3 Å². The Morgan fingerprint density at radius 2 is 1.81 bits per heavy atom. The van der Waals surface area contributed by atoms with Crippen LogP contribution in [0.2, 0.25) is 10.0 Å². The second-order valence-electron chi connectivity index (χ2n) is 9.50. The summed E-state index contributed by atoms with van der Waals surface area (Å²) in [5.74, 6) is 1.34. The molecule has 5 aromatic rings. The Morgan fingerprint density at radius 1 is 1.05 bits per heavy atom. The van der Waals surface area contributed by atoms with Gasteiger partial charge in [-0.15, -0.1) is 0 Å². The number of rotatable bonds is 6. The van der Waals surface area contributed by atoms with Crippen molar-refractivity contribution >= 4 is 52.2 Å². The number of halogens is 2. The number of nitrogens with zero attached hydrogens (tertiary/aromatic N) is 2. The summed E-state index contributed by atoms with van der Waals surface area (Å²) in [6.45, 7) is 1.78. The number of carbonyl (C=O) groups excluding carboxylic acids is 1. The van der Waals surface area contributed by atoms with Crippen molar-refractivity contribution in [2.24, 2.45) is 4.99 Å². The summed E-state index contributed by atoms with van der Waals surface area (Å²) in [5.41, 5.74) is 2.68. The van der Waals surface area contributed by atoms with E-state index in [0.717, 1.165) is 5.56 Å². The molecule has 0 fully saturated rings. The normalized spacial score (nSPS) is 14.9. The summed E-state index contributed by atoms with van der Waals surface area (Å²) in [6.07, 6.45) is 1.67. The molecule has 1 N–H and O–H groups in total. The Morgan fingerprint density at radius 3 is 2.52 bits per heavy atom. The van der Waals surface area contributed by atoms with Crippen molar-refractivity contribution in [2.75, 3.05) is 12.4 Å². The number of aromatic nitrogens is 1. The molecule has 42 heavy (non-hydrogen) atoms. The molecule has 0 saturated carbocycles. The first-order valence-electron chi connectivity index (χ1n) is 12.9. The van der Waals surface area contributed by atoms with Crippen molar-refractivity contribution in [1.29, 1.82) is 0 Å². The molecule has 7 nitrogen and oxygen atoms in total. The second-order valence-corrected chi connectivity index (χ2v) is 11.4. The molecule has 6 rings (SSSR count). The molecule has 0 spiro atoms. The van der Waals surface area contributed by atoms with Gasteiger partial charge >= 0.3 is 0 Å². The van der Waals surface area contributed by atoms with Crippen molar-refractivity contribution < 1.29 is 13.9 Å². The van der Waals surface area contributed by atoms with Crippen LogP contribution in [-0.4, -0.2) is 17.6 Å². The topological polar surface area (TPSA) is 85.8 Å². The third-order valence-corrected chi connectivity index (χ3v) is 8.36. The highest BCUT2D eigenvalue weighted by Crippen LogP contribution is 2.33. The summed E-state index contributed by atoms with van der Waals surface area (Å²) in [5, 5.41) is 3.93. The van der Waals surface area contributed by atoms with E-state index in [1.54, 1.807) is 79.3 Å². The molecule has 1 atom stereocenters. The zero-order chi connectivity index (χ0) is 29.4. The van der Waals surface area contributed by atoms with Crippen molar-refractivity contribution in [3.05, 3.63) is 137 Å². The lowest BCUT2D eigenvalue weighted by atomic mass is 9.95. The van der Waals surface area contributed by atoms with Crippen LogP contribution >= 0.6 is 34.5 Å². The number of thiazole rings is 1. The predicted octanol–water partition coefficient (Wildman–Crippen LogP) is 6.45. The zero-order valence-corrected chi connectivity index (χ0v) is 24.8. The highest BCUT2D eigenvalue weighted by molar-refractivity contribution is 7.07. The van der Waals surface area contributed by atoms with Gasteiger partial charge in [-0.25, -0.2) is 4.99 Å². The number of fused-ring (bicyclic) bond motifs is 1. The number of carbonyl (C=O) groups is 1. The SMILES string of the molecule is COc1ccc([C@H]2C(C(=O)Nc3ccccc3)=C(C)N=c3s/c(=C/c4ccc(-c5ccc(Cl)cc5Cl)o4)c(=O)n32)cc1. The maximum atomic E-state index is 14.0. The molecule has 3 heterocycles. The molecule has 210 valence electrons. The van der Waals surface area contributed by atoms with E-state index in [1.807, 2.05) is 30.3 Å². The lowest BCUT2D eigenvalue weighted by molar-refractivity contribution is -0.113. The molecular weight excluding hydrogens is 593 g/mol. The van der Waals surface area contributed by atoms with Gasteiger partial charge in [-0.1, -0.05) is 64.9 Å². The number of hydrogen-bond acceptors (Lipinski definition) is 6. The third-order valence-electron chi connectivity index (χ3n) is 6.83. The monoisotopic (exact) mass is 615 g/mol. The molecule has 3 aromatic carbocycles. The van der Waals surface area contributed by atoms with Crippen LogP contribution in [0.3, 0.4) is 0 Å². The number of para-hydroxylation sites is 1. The zero-order valence-electron chi connectivity index (χ0n) is 22.4. The van der Waals surface area contributed by atoms with Crippen LogP contribution in [0.4, 0.5) is 5.69 Å². The van der Waals surface area contributed by atoms with Gasteiger partial charge in [0.05, 0.1) is 34.0 Å². The highest BCUT2D eigenvalue weighted by Gasteiger charge is 2.32. The van der Waals surface area contributed by atoms with E-state index in [1.165, 1.54) is 11.3 Å². The first-order chi connectivity index (χ1) is 20.3. The van der Waals surface area contributed by atoms with E-state index in [4.69, 9.17) is 37.3 Å². The number of ether oxygens (including phenoxy) is 1. The van der Waals surface area contributed by atoms with Gasteiger partial charge in [0, 0.05) is 22.3 Å². The smallest absolute Gasteiger partial charge is 0.271 e. The van der Waals surface area contributed by atoms with Crippen molar-refractivity contribution in [3.63, 3.8) is 0 Å². The summed E-state index contributed by atoms with van der Waals surface area (Å²) in [6, 6.07) is 24.5. The maximum absolute atomic E-state index is 14.0. The Labute approximate surface area is 254 Å². The maximum Gasteiger partial charge on any atom is 0.271 e. The number of anilines is 1. The van der Waals surface area contributed by atoms with Crippen LogP contribution in [0, 0.1) is 0 Å². The Kier molecular flexibility index (Phi) is 7.60. The van der Waals surface area contributed by atoms with Crippen LogP contribution in [0.25, 0.3) is 17.4 Å². The third kappa shape index (κ3) is 5.32. The van der Waals surface area contributed by atoms with E-state index >= 15 is 0 Å². The van der Waals surface area contributed by atoms with E-state index < -0.39 is 6.04 Å². The van der Waals surface area contributed by atoms with E-state index in [0.29, 0.717) is 59.2 Å². The first kappa shape index (κ1) is 27.8. The molecule has 0 unspecified atom stereocenters. The van der Waals surface area contributed by atoms with Crippen LogP contribution in [0.15, 0.2) is 110 Å². The minimum atomic E-state index is -0.710. The van der Waals surface area contributed by atoms with E-state index in [-0.39, 0.29) is 11.5 Å².